The van der Waals surface area contributed by atoms with Crippen LogP contribution in [0, 0.1) is 0 Å². The van der Waals surface area contributed by atoms with E-state index in [1.54, 1.807) is 73.7 Å². The molecule has 0 aliphatic carbocycles. The summed E-state index contributed by atoms with van der Waals surface area (Å²) in [6, 6.07) is 39.1. The summed E-state index contributed by atoms with van der Waals surface area (Å²) in [5.41, 5.74) is 3.70. The zero-order valence-corrected chi connectivity index (χ0v) is 32.4. The first-order chi connectivity index (χ1) is 26.7. The molecule has 5 aromatic carbocycles. The minimum absolute atomic E-state index is 0.0547. The molecule has 1 heterocycles. The molecule has 6 aromatic rings. The molecule has 1 unspecified atom stereocenters. The number of carbonyl (C=O) groups excluding carboxylic acids is 4. The summed E-state index contributed by atoms with van der Waals surface area (Å²) in [4.78, 5) is 55.0. The van der Waals surface area contributed by atoms with Gasteiger partial charge in [-0.05, 0) is 72.2 Å². The van der Waals surface area contributed by atoms with E-state index in [2.05, 4.69) is 16.0 Å². The minimum atomic E-state index is -0.753. The highest BCUT2D eigenvalue weighted by molar-refractivity contribution is 8.00. The van der Waals surface area contributed by atoms with Gasteiger partial charge in [-0.25, -0.2) is 4.79 Å². The van der Waals surface area contributed by atoms with Gasteiger partial charge in [0, 0.05) is 37.1 Å². The summed E-state index contributed by atoms with van der Waals surface area (Å²) in [6.07, 6.45) is 1.47. The Hall–Kier alpha value is -5.65. The first-order valence-corrected chi connectivity index (χ1v) is 19.5. The molecule has 3 N–H and O–H groups in total. The lowest BCUT2D eigenvalue weighted by molar-refractivity contribution is -0.116. The number of hydrogen-bond acceptors (Lipinski definition) is 7. The van der Waals surface area contributed by atoms with Crippen molar-refractivity contribution in [3.05, 3.63) is 177 Å². The number of thiophene rings is 1. The lowest BCUT2D eigenvalue weighted by atomic mass is 10.0. The lowest BCUT2D eigenvalue weighted by Crippen LogP contribution is -2.30. The van der Waals surface area contributed by atoms with Gasteiger partial charge >= 0.3 is 5.97 Å². The molecule has 0 saturated carbocycles. The Labute approximate surface area is 336 Å². The largest absolute Gasteiger partial charge is 0.462 e. The third-order valence-corrected chi connectivity index (χ3v) is 10.8. The van der Waals surface area contributed by atoms with Crippen molar-refractivity contribution >= 4 is 86.8 Å². The molecule has 6 rings (SSSR count). The van der Waals surface area contributed by atoms with Crippen molar-refractivity contribution in [2.75, 3.05) is 17.2 Å². The van der Waals surface area contributed by atoms with E-state index in [1.807, 2.05) is 72.1 Å². The predicted molar refractivity (Wildman–Crippen MR) is 223 cm³/mol. The SMILES string of the molecule is CCOC(=O)c1c(-c2ccccc2)csc1NC(=O)C(Sc1cccc(NC(=O)/C(=C\c2ccc(Cl)cc2Cl)NC(=O)c2ccccc2)c1)c1ccccc1. The van der Waals surface area contributed by atoms with Crippen LogP contribution in [0.15, 0.2) is 149 Å². The van der Waals surface area contributed by atoms with Crippen LogP contribution in [0.4, 0.5) is 10.7 Å². The standard InChI is InChI=1S/C43H33Cl2N3O5S2/c1-2-53-43(52)37-34(27-13-6-3-7-14-27)26-54-42(37)48-41(51)38(28-15-8-4-9-16-28)55-33-20-12-19-32(25-33)46-40(50)36(23-30-21-22-31(44)24-35(30)45)47-39(49)29-17-10-5-11-18-29/h3-26,38H,2H2,1H3,(H,46,50)(H,47,49)(H,48,51)/b36-23+. The van der Waals surface area contributed by atoms with Crippen LogP contribution in [0.5, 0.6) is 0 Å². The second kappa shape index (κ2) is 18.6. The number of thioether (sulfide) groups is 1. The molecule has 0 fully saturated rings. The summed E-state index contributed by atoms with van der Waals surface area (Å²) >= 11 is 15.0. The molecule has 3 amide bonds. The van der Waals surface area contributed by atoms with Crippen molar-refractivity contribution in [2.24, 2.45) is 0 Å². The Kier molecular flexibility index (Phi) is 13.2. The molecule has 12 heteroatoms. The fourth-order valence-electron chi connectivity index (χ4n) is 5.46. The van der Waals surface area contributed by atoms with E-state index in [-0.39, 0.29) is 23.8 Å². The highest BCUT2D eigenvalue weighted by Gasteiger charge is 2.28. The number of esters is 1. The number of benzene rings is 5. The van der Waals surface area contributed by atoms with Gasteiger partial charge in [-0.15, -0.1) is 23.1 Å². The molecular formula is C43H33Cl2N3O5S2. The topological polar surface area (TPSA) is 114 Å². The van der Waals surface area contributed by atoms with Gasteiger partial charge in [0.05, 0.1) is 6.61 Å². The van der Waals surface area contributed by atoms with Gasteiger partial charge in [-0.2, -0.15) is 0 Å². The summed E-state index contributed by atoms with van der Waals surface area (Å²) < 4.78 is 5.40. The summed E-state index contributed by atoms with van der Waals surface area (Å²) in [5.74, 6) is -1.97. The smallest absolute Gasteiger partial charge is 0.341 e. The number of hydrogen-bond donors (Lipinski definition) is 3. The van der Waals surface area contributed by atoms with E-state index in [9.17, 15) is 19.2 Å². The Balaban J connectivity index is 1.26. The molecule has 0 aliphatic heterocycles. The molecule has 1 atom stereocenters. The Bertz CT molecular complexity index is 2350. The van der Waals surface area contributed by atoms with Crippen molar-refractivity contribution in [2.45, 2.75) is 17.1 Å². The lowest BCUT2D eigenvalue weighted by Gasteiger charge is -2.18. The quantitative estimate of drug-likeness (QED) is 0.0608. The van der Waals surface area contributed by atoms with Gasteiger partial charge in [0.15, 0.2) is 0 Å². The fourth-order valence-corrected chi connectivity index (χ4v) is 7.97. The first kappa shape index (κ1) is 39.1. The average Bonchev–Trinajstić information content (AvgIpc) is 3.62. The number of carbonyl (C=O) groups is 4. The third kappa shape index (κ3) is 10.1. The maximum absolute atomic E-state index is 14.2. The predicted octanol–water partition coefficient (Wildman–Crippen LogP) is 10.8. The van der Waals surface area contributed by atoms with Gasteiger partial charge in [-0.1, -0.05) is 114 Å². The second-order valence-electron chi connectivity index (χ2n) is 11.9. The van der Waals surface area contributed by atoms with Gasteiger partial charge in [0.25, 0.3) is 11.8 Å². The zero-order chi connectivity index (χ0) is 38.7. The third-order valence-electron chi connectivity index (χ3n) is 8.07. The molecule has 55 heavy (non-hydrogen) atoms. The maximum Gasteiger partial charge on any atom is 0.341 e. The molecule has 0 radical (unpaired) electrons. The monoisotopic (exact) mass is 805 g/mol. The minimum Gasteiger partial charge on any atom is -0.462 e. The van der Waals surface area contributed by atoms with Crippen LogP contribution in [-0.4, -0.2) is 30.3 Å². The van der Waals surface area contributed by atoms with E-state index < -0.39 is 23.0 Å². The number of anilines is 2. The molecular weight excluding hydrogens is 774 g/mol. The molecule has 0 saturated heterocycles. The van der Waals surface area contributed by atoms with Crippen molar-refractivity contribution < 1.29 is 23.9 Å². The van der Waals surface area contributed by atoms with Crippen LogP contribution in [0.25, 0.3) is 17.2 Å². The van der Waals surface area contributed by atoms with Crippen LogP contribution in [-0.2, 0) is 14.3 Å². The van der Waals surface area contributed by atoms with E-state index in [1.165, 1.54) is 29.2 Å². The van der Waals surface area contributed by atoms with Crippen LogP contribution in [0.3, 0.4) is 0 Å². The van der Waals surface area contributed by atoms with Crippen LogP contribution in [0.1, 0.15) is 44.0 Å². The van der Waals surface area contributed by atoms with Crippen LogP contribution < -0.4 is 16.0 Å². The van der Waals surface area contributed by atoms with Crippen molar-refractivity contribution in [3.8, 4) is 11.1 Å². The highest BCUT2D eigenvalue weighted by atomic mass is 35.5. The Morgan fingerprint density at radius 2 is 1.49 bits per heavy atom. The number of rotatable bonds is 13. The van der Waals surface area contributed by atoms with Gasteiger partial charge < -0.3 is 20.7 Å². The molecule has 276 valence electrons. The van der Waals surface area contributed by atoms with E-state index in [0.29, 0.717) is 42.3 Å². The van der Waals surface area contributed by atoms with Gasteiger partial charge in [-0.3, -0.25) is 14.4 Å². The molecule has 0 aliphatic rings. The zero-order valence-electron chi connectivity index (χ0n) is 29.3. The molecule has 0 spiro atoms. The average molecular weight is 807 g/mol. The van der Waals surface area contributed by atoms with Gasteiger partial charge in [0.2, 0.25) is 5.91 Å². The normalized spacial score (nSPS) is 11.7. The van der Waals surface area contributed by atoms with E-state index in [4.69, 9.17) is 27.9 Å². The summed E-state index contributed by atoms with van der Waals surface area (Å²) in [5, 5.41) is 10.8. The van der Waals surface area contributed by atoms with E-state index in [0.717, 1.165) is 11.1 Å². The first-order valence-electron chi connectivity index (χ1n) is 17.0. The summed E-state index contributed by atoms with van der Waals surface area (Å²) in [7, 11) is 0. The second-order valence-corrected chi connectivity index (χ2v) is 14.8. The Morgan fingerprint density at radius 3 is 2.18 bits per heavy atom. The van der Waals surface area contributed by atoms with Crippen molar-refractivity contribution in [1.82, 2.24) is 5.32 Å². The summed E-state index contributed by atoms with van der Waals surface area (Å²) in [6.45, 7) is 1.91. The number of ether oxygens (including phenoxy) is 1. The fraction of sp³-hybridized carbons (Fsp3) is 0.0698. The highest BCUT2D eigenvalue weighted by Crippen LogP contribution is 2.40. The number of nitrogens with one attached hydrogen (secondary N) is 3. The van der Waals surface area contributed by atoms with Crippen molar-refractivity contribution in [3.63, 3.8) is 0 Å². The van der Waals surface area contributed by atoms with Crippen LogP contribution in [0.2, 0.25) is 10.0 Å². The molecule has 0 bridgehead atoms. The van der Waals surface area contributed by atoms with Gasteiger partial charge in [0.1, 0.15) is 21.5 Å². The molecule has 8 nitrogen and oxygen atoms in total. The maximum atomic E-state index is 14.2. The number of amides is 3. The van der Waals surface area contributed by atoms with Crippen LogP contribution >= 0.6 is 46.3 Å². The Morgan fingerprint density at radius 1 is 0.800 bits per heavy atom. The number of halogens is 2. The molecule has 1 aromatic heterocycles. The van der Waals surface area contributed by atoms with E-state index >= 15 is 0 Å². The van der Waals surface area contributed by atoms with Crippen molar-refractivity contribution in [1.29, 1.82) is 0 Å².